The second-order valence-electron chi connectivity index (χ2n) is 6.69. The number of nitrogens with zero attached hydrogens (tertiary/aromatic N) is 3. The molecule has 0 radical (unpaired) electrons. The van der Waals surface area contributed by atoms with Gasteiger partial charge >= 0.3 is 0 Å². The van der Waals surface area contributed by atoms with Crippen molar-refractivity contribution in [2.45, 2.75) is 20.8 Å². The molecule has 0 unspecified atom stereocenters. The molecule has 4 aromatic rings. The predicted molar refractivity (Wildman–Crippen MR) is 122 cm³/mol. The van der Waals surface area contributed by atoms with E-state index in [1.165, 1.54) is 0 Å². The molecule has 7 nitrogen and oxygen atoms in total. The summed E-state index contributed by atoms with van der Waals surface area (Å²) in [5, 5.41) is 19.1. The molecule has 0 aliphatic carbocycles. The fraction of sp³-hybridized carbons (Fsp3) is 0.125. The second-order valence-corrected chi connectivity index (χ2v) is 6.69. The number of carbonyl (C=O) groups excluding carboxylic acids is 1. The third-order valence-electron chi connectivity index (χ3n) is 4.82. The largest absolute Gasteiger partial charge is 0.508 e. The fourth-order valence-electron chi connectivity index (χ4n) is 3.43. The second kappa shape index (κ2) is 8.59. The summed E-state index contributed by atoms with van der Waals surface area (Å²) in [6.45, 7) is 5.87. The standard InChI is InChI=1S/C22H17N5O2.C2H6/c1-12-5-6-15(28)10-18(12)27-17-8-7-16(14-4-2-3-13(9-14)11-23)26-20(17)19(21(27)24)22(25)29;1-2/h2-10,28H,24H2,1H3,(H2,25,29);1-2H3. The lowest BCUT2D eigenvalue weighted by Gasteiger charge is -2.12. The lowest BCUT2D eigenvalue weighted by atomic mass is 10.1. The van der Waals surface area contributed by atoms with Gasteiger partial charge in [-0.05, 0) is 42.8 Å². The highest BCUT2D eigenvalue weighted by molar-refractivity contribution is 6.10. The quantitative estimate of drug-likeness (QED) is 0.461. The van der Waals surface area contributed by atoms with Gasteiger partial charge in [0.25, 0.3) is 5.91 Å². The number of nitrogen functional groups attached to an aromatic ring is 1. The molecule has 0 spiro atoms. The van der Waals surface area contributed by atoms with Gasteiger partial charge in [-0.3, -0.25) is 9.36 Å². The van der Waals surface area contributed by atoms with Crippen LogP contribution in [0.4, 0.5) is 5.82 Å². The number of anilines is 1. The summed E-state index contributed by atoms with van der Waals surface area (Å²) in [6.07, 6.45) is 0. The lowest BCUT2D eigenvalue weighted by molar-refractivity contribution is 0.100. The van der Waals surface area contributed by atoms with E-state index < -0.39 is 5.91 Å². The Bertz CT molecular complexity index is 1330. The molecular formula is C24H23N5O2. The highest BCUT2D eigenvalue weighted by Gasteiger charge is 2.23. The smallest absolute Gasteiger partial charge is 0.254 e. The number of carbonyl (C=O) groups is 1. The number of aromatic hydroxyl groups is 1. The van der Waals surface area contributed by atoms with Crippen LogP contribution >= 0.6 is 0 Å². The van der Waals surface area contributed by atoms with Crippen molar-refractivity contribution in [2.24, 2.45) is 5.73 Å². The van der Waals surface area contributed by atoms with Crippen LogP contribution in [0.25, 0.3) is 28.0 Å². The van der Waals surface area contributed by atoms with Crippen molar-refractivity contribution in [1.82, 2.24) is 9.55 Å². The zero-order valence-corrected chi connectivity index (χ0v) is 17.5. The molecule has 7 heteroatoms. The zero-order chi connectivity index (χ0) is 22.7. The minimum atomic E-state index is -0.695. The number of aromatic nitrogens is 2. The van der Waals surface area contributed by atoms with Crippen molar-refractivity contribution >= 4 is 22.8 Å². The van der Waals surface area contributed by atoms with Crippen LogP contribution in [0.3, 0.4) is 0 Å². The summed E-state index contributed by atoms with van der Waals surface area (Å²) < 4.78 is 1.66. The van der Waals surface area contributed by atoms with Crippen LogP contribution in [0.15, 0.2) is 54.6 Å². The molecule has 156 valence electrons. The minimum absolute atomic E-state index is 0.0744. The molecule has 4 rings (SSSR count). The highest BCUT2D eigenvalue weighted by atomic mass is 16.3. The average molecular weight is 413 g/mol. The Kier molecular flexibility index (Phi) is 5.93. The first-order chi connectivity index (χ1) is 14.9. The van der Waals surface area contributed by atoms with E-state index in [1.54, 1.807) is 53.1 Å². The van der Waals surface area contributed by atoms with Crippen molar-refractivity contribution in [2.75, 3.05) is 5.73 Å². The first-order valence-electron chi connectivity index (χ1n) is 9.82. The Balaban J connectivity index is 0.00000132. The van der Waals surface area contributed by atoms with Crippen LogP contribution in [-0.4, -0.2) is 20.6 Å². The van der Waals surface area contributed by atoms with Gasteiger partial charge in [0.05, 0.1) is 28.5 Å². The molecule has 0 aliphatic heterocycles. The lowest BCUT2D eigenvalue weighted by Crippen LogP contribution is -2.14. The molecule has 5 N–H and O–H groups in total. The number of phenols is 1. The summed E-state index contributed by atoms with van der Waals surface area (Å²) in [5.74, 6) is -0.471. The van der Waals surface area contributed by atoms with E-state index in [0.717, 1.165) is 11.1 Å². The van der Waals surface area contributed by atoms with Crippen molar-refractivity contribution in [3.8, 4) is 28.8 Å². The number of amides is 1. The molecule has 31 heavy (non-hydrogen) atoms. The normalized spacial score (nSPS) is 10.3. The summed E-state index contributed by atoms with van der Waals surface area (Å²) in [6, 6.07) is 17.6. The molecule has 0 saturated heterocycles. The molecule has 0 aliphatic rings. The number of benzene rings is 2. The molecule has 0 fully saturated rings. The number of rotatable bonds is 3. The summed E-state index contributed by atoms with van der Waals surface area (Å²) >= 11 is 0. The number of nitrogens with two attached hydrogens (primary N) is 2. The predicted octanol–water partition coefficient (Wildman–Crippen LogP) is 4.29. The van der Waals surface area contributed by atoms with Crippen molar-refractivity contribution in [3.05, 3.63) is 71.3 Å². The van der Waals surface area contributed by atoms with Crippen LogP contribution in [-0.2, 0) is 0 Å². The number of aryl methyl sites for hydroxylation is 1. The maximum atomic E-state index is 12.2. The minimum Gasteiger partial charge on any atom is -0.508 e. The van der Waals surface area contributed by atoms with Gasteiger partial charge in [-0.2, -0.15) is 5.26 Å². The Labute approximate surface area is 180 Å². The fourth-order valence-corrected chi connectivity index (χ4v) is 3.43. The van der Waals surface area contributed by atoms with E-state index in [9.17, 15) is 9.90 Å². The number of hydrogen-bond acceptors (Lipinski definition) is 5. The Morgan fingerprint density at radius 3 is 2.55 bits per heavy atom. The Morgan fingerprint density at radius 2 is 1.87 bits per heavy atom. The van der Waals surface area contributed by atoms with Gasteiger partial charge in [0, 0.05) is 11.6 Å². The molecule has 2 aromatic carbocycles. The molecule has 2 aromatic heterocycles. The molecule has 2 heterocycles. The third-order valence-corrected chi connectivity index (χ3v) is 4.82. The number of pyridine rings is 1. The van der Waals surface area contributed by atoms with Crippen molar-refractivity contribution in [3.63, 3.8) is 0 Å². The van der Waals surface area contributed by atoms with Gasteiger partial charge < -0.3 is 16.6 Å². The summed E-state index contributed by atoms with van der Waals surface area (Å²) in [5.41, 5.74) is 16.3. The van der Waals surface area contributed by atoms with Gasteiger partial charge in [-0.15, -0.1) is 0 Å². The molecule has 0 atom stereocenters. The SMILES string of the molecule is CC.Cc1ccc(O)cc1-n1c(N)c(C(N)=O)c2nc(-c3cccc(C#N)c3)ccc21. The molecular weight excluding hydrogens is 390 g/mol. The van der Waals surface area contributed by atoms with Gasteiger partial charge in [-0.1, -0.05) is 32.0 Å². The van der Waals surface area contributed by atoms with Crippen LogP contribution in [0.1, 0.15) is 35.3 Å². The number of fused-ring (bicyclic) bond motifs is 1. The Hall–Kier alpha value is -4.31. The van der Waals surface area contributed by atoms with Gasteiger partial charge in [-0.25, -0.2) is 4.98 Å². The average Bonchev–Trinajstić information content (AvgIpc) is 3.07. The van der Waals surface area contributed by atoms with E-state index in [2.05, 4.69) is 11.1 Å². The van der Waals surface area contributed by atoms with Crippen LogP contribution in [0.2, 0.25) is 0 Å². The van der Waals surface area contributed by atoms with Gasteiger partial charge in [0.15, 0.2) is 0 Å². The first-order valence-corrected chi connectivity index (χ1v) is 9.82. The Morgan fingerprint density at radius 1 is 1.13 bits per heavy atom. The van der Waals surface area contributed by atoms with E-state index in [0.29, 0.717) is 28.0 Å². The summed E-state index contributed by atoms with van der Waals surface area (Å²) in [4.78, 5) is 16.8. The van der Waals surface area contributed by atoms with E-state index in [1.807, 2.05) is 26.8 Å². The topological polar surface area (TPSA) is 131 Å². The maximum absolute atomic E-state index is 12.2. The number of primary amides is 1. The van der Waals surface area contributed by atoms with E-state index >= 15 is 0 Å². The number of nitriles is 1. The first kappa shape index (κ1) is 21.4. The monoisotopic (exact) mass is 413 g/mol. The van der Waals surface area contributed by atoms with Crippen LogP contribution < -0.4 is 11.5 Å². The van der Waals surface area contributed by atoms with Gasteiger partial charge in [0.2, 0.25) is 0 Å². The summed E-state index contributed by atoms with van der Waals surface area (Å²) in [7, 11) is 0. The zero-order valence-electron chi connectivity index (χ0n) is 17.5. The van der Waals surface area contributed by atoms with E-state index in [-0.39, 0.29) is 17.1 Å². The number of phenolic OH excluding ortho intramolecular Hbond substituents is 1. The van der Waals surface area contributed by atoms with E-state index in [4.69, 9.17) is 16.7 Å². The molecule has 0 bridgehead atoms. The van der Waals surface area contributed by atoms with Crippen LogP contribution in [0, 0.1) is 18.3 Å². The van der Waals surface area contributed by atoms with Gasteiger partial charge in [0.1, 0.15) is 22.6 Å². The van der Waals surface area contributed by atoms with Crippen molar-refractivity contribution < 1.29 is 9.90 Å². The van der Waals surface area contributed by atoms with Crippen molar-refractivity contribution in [1.29, 1.82) is 5.26 Å². The number of hydrogen-bond donors (Lipinski definition) is 3. The maximum Gasteiger partial charge on any atom is 0.254 e. The molecule has 0 saturated carbocycles. The third kappa shape index (κ3) is 3.79. The van der Waals surface area contributed by atoms with Crippen LogP contribution in [0.5, 0.6) is 5.75 Å². The highest BCUT2D eigenvalue weighted by Crippen LogP contribution is 2.34. The molecule has 1 amide bonds.